The van der Waals surface area contributed by atoms with Gasteiger partial charge in [0, 0.05) is 19.1 Å². The van der Waals surface area contributed by atoms with Gasteiger partial charge in [-0.15, -0.1) is 0 Å². The van der Waals surface area contributed by atoms with Gasteiger partial charge in [-0.1, -0.05) is 62.7 Å². The second kappa shape index (κ2) is 15.4. The van der Waals surface area contributed by atoms with Crippen molar-refractivity contribution in [1.82, 2.24) is 15.6 Å². The number of unbranched alkanes of at least 4 members (excludes halogenated alkanes) is 1. The molecule has 4 N–H and O–H groups in total. The summed E-state index contributed by atoms with van der Waals surface area (Å²) in [7, 11) is -3.61. The zero-order valence-electron chi connectivity index (χ0n) is 23.4. The second-order valence-corrected chi connectivity index (χ2v) is 11.5. The van der Waals surface area contributed by atoms with Crippen LogP contribution in [0.25, 0.3) is 0 Å². The molecule has 3 rings (SSSR count). The first kappa shape index (κ1) is 31.1. The number of sulfonamides is 1. The molecular weight excluding hydrogens is 532 g/mol. The first-order valence-corrected chi connectivity index (χ1v) is 15.5. The maximum absolute atomic E-state index is 13.0. The van der Waals surface area contributed by atoms with Crippen molar-refractivity contribution in [2.45, 2.75) is 64.6 Å². The number of para-hydroxylation sites is 1. The van der Waals surface area contributed by atoms with Crippen molar-refractivity contribution >= 4 is 21.9 Å². The summed E-state index contributed by atoms with van der Waals surface area (Å²) in [4.78, 5) is 17.0. The Kier molecular flexibility index (Phi) is 12.0. The molecule has 11 heteroatoms. The summed E-state index contributed by atoms with van der Waals surface area (Å²) in [5.41, 5.74) is 3.22. The van der Waals surface area contributed by atoms with Crippen molar-refractivity contribution in [3.63, 3.8) is 0 Å². The third-order valence-electron chi connectivity index (χ3n) is 6.20. The Morgan fingerprint density at radius 2 is 1.90 bits per heavy atom. The van der Waals surface area contributed by atoms with Crippen molar-refractivity contribution in [1.29, 1.82) is 0 Å². The van der Waals surface area contributed by atoms with Crippen LogP contribution in [0.1, 0.15) is 60.3 Å². The predicted molar refractivity (Wildman–Crippen MR) is 155 cm³/mol. The number of benzene rings is 2. The van der Waals surface area contributed by atoms with E-state index in [1.165, 1.54) is 5.56 Å². The first-order chi connectivity index (χ1) is 19.2. The molecule has 0 saturated carbocycles. The molecule has 0 saturated heterocycles. The molecule has 0 aliphatic carbocycles. The van der Waals surface area contributed by atoms with Gasteiger partial charge >= 0.3 is 6.01 Å². The maximum atomic E-state index is 13.0. The zero-order valence-corrected chi connectivity index (χ0v) is 24.2. The number of hydrogen-bond donors (Lipinski definition) is 4. The molecular formula is C29H40N4O6S. The lowest BCUT2D eigenvalue weighted by Crippen LogP contribution is -2.41. The number of aliphatic hydroxyl groups excluding tert-OH is 1. The first-order valence-electron chi connectivity index (χ1n) is 13.6. The molecule has 218 valence electrons. The number of hydrogen-bond acceptors (Lipinski definition) is 8. The van der Waals surface area contributed by atoms with Gasteiger partial charge in [-0.05, 0) is 48.4 Å². The average Bonchev–Trinajstić information content (AvgIpc) is 3.37. The van der Waals surface area contributed by atoms with E-state index in [2.05, 4.69) is 46.3 Å². The third-order valence-corrected chi connectivity index (χ3v) is 6.75. The Morgan fingerprint density at radius 1 is 1.12 bits per heavy atom. The SMILES string of the molecule is CCCCOc1ccccc1CC(CC(O)CNCc1cccc(CC)c1)NC(=O)c1coc(NS(C)(=O)=O)n1. The molecule has 2 unspecified atom stereocenters. The highest BCUT2D eigenvalue weighted by Crippen LogP contribution is 2.22. The van der Waals surface area contributed by atoms with Gasteiger partial charge in [-0.2, -0.15) is 4.98 Å². The van der Waals surface area contributed by atoms with Gasteiger partial charge in [0.15, 0.2) is 5.69 Å². The van der Waals surface area contributed by atoms with E-state index in [0.29, 0.717) is 26.1 Å². The van der Waals surface area contributed by atoms with Crippen molar-refractivity contribution in [2.75, 3.05) is 24.1 Å². The van der Waals surface area contributed by atoms with Gasteiger partial charge in [0.05, 0.1) is 19.0 Å². The van der Waals surface area contributed by atoms with Crippen LogP contribution in [-0.2, 0) is 29.4 Å². The lowest BCUT2D eigenvalue weighted by Gasteiger charge is -2.23. The number of oxazole rings is 1. The Bertz CT molecular complexity index is 1330. The number of ether oxygens (including phenoxy) is 1. The predicted octanol–water partition coefficient (Wildman–Crippen LogP) is 3.67. The number of aromatic nitrogens is 1. The number of aryl methyl sites for hydroxylation is 1. The van der Waals surface area contributed by atoms with Gasteiger partial charge in [-0.3, -0.25) is 4.79 Å². The molecule has 1 heterocycles. The van der Waals surface area contributed by atoms with Crippen LogP contribution in [0.15, 0.2) is 59.2 Å². The number of amides is 1. The van der Waals surface area contributed by atoms with Crippen LogP contribution in [0.2, 0.25) is 0 Å². The van der Waals surface area contributed by atoms with Crippen LogP contribution >= 0.6 is 0 Å². The number of carbonyl (C=O) groups is 1. The number of carbonyl (C=O) groups excluding carboxylic acids is 1. The lowest BCUT2D eigenvalue weighted by atomic mass is 9.99. The van der Waals surface area contributed by atoms with Gasteiger partial charge in [0.2, 0.25) is 10.0 Å². The lowest BCUT2D eigenvalue weighted by molar-refractivity contribution is 0.0904. The van der Waals surface area contributed by atoms with Crippen molar-refractivity contribution in [3.05, 3.63) is 77.2 Å². The highest BCUT2D eigenvalue weighted by molar-refractivity contribution is 7.91. The summed E-state index contributed by atoms with van der Waals surface area (Å²) in [6.45, 7) is 5.75. The molecule has 2 atom stereocenters. The van der Waals surface area contributed by atoms with Gasteiger partial charge in [-0.25, -0.2) is 13.1 Å². The Labute approximate surface area is 236 Å². The quantitative estimate of drug-likeness (QED) is 0.180. The van der Waals surface area contributed by atoms with E-state index in [9.17, 15) is 18.3 Å². The van der Waals surface area contributed by atoms with Crippen LogP contribution in [0.5, 0.6) is 5.75 Å². The standard InChI is InChI=1S/C29H40N4O6S/c1-4-6-14-38-27-13-8-7-12-23(27)16-24(31-28(35)26-20-39-29(32-26)33-40(3,36)37)17-25(34)19-30-18-22-11-9-10-21(5-2)15-22/h7-13,15,20,24-25,30,34H,4-6,14,16-19H2,1-3H3,(H,31,35)(H,32,33). The third kappa shape index (κ3) is 10.6. The molecule has 1 aromatic heterocycles. The van der Waals surface area contributed by atoms with E-state index in [0.717, 1.165) is 48.7 Å². The van der Waals surface area contributed by atoms with Crippen LogP contribution in [-0.4, -0.2) is 56.0 Å². The van der Waals surface area contributed by atoms with E-state index < -0.39 is 28.1 Å². The summed E-state index contributed by atoms with van der Waals surface area (Å²) in [5, 5.41) is 17.1. The Hall–Kier alpha value is -3.41. The number of nitrogens with zero attached hydrogens (tertiary/aromatic N) is 1. The second-order valence-electron chi connectivity index (χ2n) is 9.79. The highest BCUT2D eigenvalue weighted by atomic mass is 32.2. The van der Waals surface area contributed by atoms with E-state index >= 15 is 0 Å². The van der Waals surface area contributed by atoms with E-state index in [-0.39, 0.29) is 18.1 Å². The molecule has 0 fully saturated rings. The molecule has 0 bridgehead atoms. The molecule has 0 spiro atoms. The number of aliphatic hydroxyl groups is 1. The molecule has 10 nitrogen and oxygen atoms in total. The molecule has 3 aromatic rings. The Morgan fingerprint density at radius 3 is 2.65 bits per heavy atom. The number of nitrogens with one attached hydrogen (secondary N) is 3. The van der Waals surface area contributed by atoms with Crippen molar-refractivity contribution in [2.24, 2.45) is 0 Å². The minimum absolute atomic E-state index is 0.0768. The number of anilines is 1. The molecule has 40 heavy (non-hydrogen) atoms. The highest BCUT2D eigenvalue weighted by Gasteiger charge is 2.22. The Balaban J connectivity index is 1.69. The summed E-state index contributed by atoms with van der Waals surface area (Å²) >= 11 is 0. The van der Waals surface area contributed by atoms with Crippen molar-refractivity contribution < 1.29 is 27.5 Å². The van der Waals surface area contributed by atoms with Crippen LogP contribution in [0, 0.1) is 0 Å². The normalized spacial score (nSPS) is 13.0. The minimum atomic E-state index is -3.61. The molecule has 1 amide bonds. The fourth-order valence-corrected chi connectivity index (χ4v) is 4.61. The molecule has 0 radical (unpaired) electrons. The fourth-order valence-electron chi connectivity index (χ4n) is 4.20. The monoisotopic (exact) mass is 572 g/mol. The van der Waals surface area contributed by atoms with E-state index in [1.807, 2.05) is 36.4 Å². The van der Waals surface area contributed by atoms with Crippen LogP contribution < -0.4 is 20.1 Å². The van der Waals surface area contributed by atoms with Gasteiger partial charge < -0.3 is 24.9 Å². The van der Waals surface area contributed by atoms with E-state index in [1.54, 1.807) is 0 Å². The average molecular weight is 573 g/mol. The van der Waals surface area contributed by atoms with Crippen LogP contribution in [0.4, 0.5) is 6.01 Å². The smallest absolute Gasteiger partial charge is 0.309 e. The molecule has 0 aliphatic rings. The summed E-state index contributed by atoms with van der Waals surface area (Å²) in [6.07, 6.45) is 4.88. The molecule has 0 aliphatic heterocycles. The van der Waals surface area contributed by atoms with Gasteiger partial charge in [0.1, 0.15) is 12.0 Å². The van der Waals surface area contributed by atoms with Gasteiger partial charge in [0.25, 0.3) is 5.91 Å². The fraction of sp³-hybridized carbons (Fsp3) is 0.448. The topological polar surface area (TPSA) is 143 Å². The maximum Gasteiger partial charge on any atom is 0.309 e. The zero-order chi connectivity index (χ0) is 29.0. The summed E-state index contributed by atoms with van der Waals surface area (Å²) < 4.78 is 36.1. The largest absolute Gasteiger partial charge is 0.493 e. The summed E-state index contributed by atoms with van der Waals surface area (Å²) in [6, 6.07) is 15.2. The summed E-state index contributed by atoms with van der Waals surface area (Å²) in [5.74, 6) is 0.191. The van der Waals surface area contributed by atoms with E-state index in [4.69, 9.17) is 9.15 Å². The van der Waals surface area contributed by atoms with Crippen LogP contribution in [0.3, 0.4) is 0 Å². The van der Waals surface area contributed by atoms with Crippen molar-refractivity contribution in [3.8, 4) is 5.75 Å². The minimum Gasteiger partial charge on any atom is -0.493 e. The number of rotatable bonds is 17. The molecule has 2 aromatic carbocycles.